The van der Waals surface area contributed by atoms with Gasteiger partial charge in [-0.25, -0.2) is 0 Å². The Labute approximate surface area is 128 Å². The second-order valence-corrected chi connectivity index (χ2v) is 4.96. The predicted octanol–water partition coefficient (Wildman–Crippen LogP) is -0.420. The summed E-state index contributed by atoms with van der Waals surface area (Å²) in [5.74, 6) is -1.46. The highest BCUT2D eigenvalue weighted by atomic mass is 19.4. The molecule has 2 amide bonds. The van der Waals surface area contributed by atoms with Gasteiger partial charge < -0.3 is 19.9 Å². The van der Waals surface area contributed by atoms with Gasteiger partial charge in [-0.3, -0.25) is 14.4 Å². The molecule has 1 aromatic heterocycles. The number of rotatable bonds is 3. The van der Waals surface area contributed by atoms with Gasteiger partial charge in [-0.1, -0.05) is 0 Å². The van der Waals surface area contributed by atoms with E-state index in [1.54, 1.807) is 0 Å². The lowest BCUT2D eigenvalue weighted by Gasteiger charge is -2.33. The molecule has 0 spiro atoms. The highest BCUT2D eigenvalue weighted by Crippen LogP contribution is 2.28. The molecule has 23 heavy (non-hydrogen) atoms. The summed E-state index contributed by atoms with van der Waals surface area (Å²) in [6.07, 6.45) is -4.06. The average Bonchev–Trinajstić information content (AvgIpc) is 2.48. The Hall–Kier alpha value is -2.36. The van der Waals surface area contributed by atoms with Crippen molar-refractivity contribution in [2.45, 2.75) is 18.8 Å². The van der Waals surface area contributed by atoms with E-state index in [1.807, 2.05) is 0 Å². The molecule has 2 rings (SSSR count). The molecule has 0 bridgehead atoms. The fourth-order valence-electron chi connectivity index (χ4n) is 2.20. The molecule has 1 atom stereocenters. The van der Waals surface area contributed by atoms with Crippen LogP contribution in [0.5, 0.6) is 0 Å². The number of nitrogens with two attached hydrogens (primary N) is 1. The molecule has 10 heteroatoms. The quantitative estimate of drug-likeness (QED) is 0.813. The van der Waals surface area contributed by atoms with Crippen molar-refractivity contribution in [1.82, 2.24) is 9.47 Å². The van der Waals surface area contributed by atoms with Crippen LogP contribution in [0.2, 0.25) is 0 Å². The van der Waals surface area contributed by atoms with Crippen molar-refractivity contribution in [3.8, 4) is 0 Å². The molecule has 1 aromatic rings. The molecule has 2 N–H and O–H groups in total. The molecular weight excluding hydrogens is 319 g/mol. The lowest BCUT2D eigenvalue weighted by Crippen LogP contribution is -2.55. The van der Waals surface area contributed by atoms with Crippen molar-refractivity contribution in [3.63, 3.8) is 0 Å². The number of primary amides is 1. The Morgan fingerprint density at radius 1 is 1.35 bits per heavy atom. The summed E-state index contributed by atoms with van der Waals surface area (Å²) in [5, 5.41) is 0. The monoisotopic (exact) mass is 333 g/mol. The van der Waals surface area contributed by atoms with E-state index < -0.39 is 41.7 Å². The van der Waals surface area contributed by atoms with Crippen molar-refractivity contribution < 1.29 is 27.5 Å². The van der Waals surface area contributed by atoms with Crippen LogP contribution in [0, 0.1) is 0 Å². The summed E-state index contributed by atoms with van der Waals surface area (Å²) in [4.78, 5) is 36.3. The minimum atomic E-state index is -4.63. The van der Waals surface area contributed by atoms with Crippen LogP contribution in [0.3, 0.4) is 0 Å². The van der Waals surface area contributed by atoms with Crippen LogP contribution < -0.4 is 11.3 Å². The first-order chi connectivity index (χ1) is 10.7. The van der Waals surface area contributed by atoms with E-state index in [4.69, 9.17) is 10.5 Å². The van der Waals surface area contributed by atoms with Gasteiger partial charge in [0.1, 0.15) is 12.6 Å². The van der Waals surface area contributed by atoms with E-state index >= 15 is 0 Å². The van der Waals surface area contributed by atoms with Gasteiger partial charge in [0.15, 0.2) is 0 Å². The first-order valence-corrected chi connectivity index (χ1v) is 6.64. The maximum Gasteiger partial charge on any atom is 0.417 e. The second-order valence-electron chi connectivity index (χ2n) is 4.96. The zero-order valence-electron chi connectivity index (χ0n) is 11.9. The number of ether oxygens (including phenoxy) is 1. The standard InChI is InChI=1S/C13H14F3N3O4/c14-13(15,16)8-1-2-10(20)18(5-8)6-11(21)19-3-4-23-7-9(19)12(17)22/h1-2,5,9H,3-4,6-7H2,(H2,17,22)/t9-/m1/s1. The van der Waals surface area contributed by atoms with Crippen LogP contribution in [-0.4, -0.2) is 47.1 Å². The van der Waals surface area contributed by atoms with Crippen LogP contribution in [0.1, 0.15) is 5.56 Å². The van der Waals surface area contributed by atoms with Crippen molar-refractivity contribution >= 4 is 11.8 Å². The summed E-state index contributed by atoms with van der Waals surface area (Å²) < 4.78 is 43.7. The van der Waals surface area contributed by atoms with Crippen LogP contribution in [0.4, 0.5) is 13.2 Å². The smallest absolute Gasteiger partial charge is 0.377 e. The topological polar surface area (TPSA) is 94.6 Å². The van der Waals surface area contributed by atoms with Gasteiger partial charge >= 0.3 is 6.18 Å². The normalized spacial score (nSPS) is 18.7. The summed E-state index contributed by atoms with van der Waals surface area (Å²) in [6.45, 7) is -0.460. The SMILES string of the molecule is NC(=O)[C@H]1COCCN1C(=O)Cn1cc(C(F)(F)F)ccc1=O. The molecule has 1 aliphatic heterocycles. The number of hydrogen-bond acceptors (Lipinski definition) is 4. The molecule has 1 fully saturated rings. The van der Waals surface area contributed by atoms with Crippen molar-refractivity contribution in [2.75, 3.05) is 19.8 Å². The first-order valence-electron chi connectivity index (χ1n) is 6.64. The number of halogens is 3. The van der Waals surface area contributed by atoms with Gasteiger partial charge in [-0.15, -0.1) is 0 Å². The Morgan fingerprint density at radius 2 is 2.04 bits per heavy atom. The van der Waals surface area contributed by atoms with Gasteiger partial charge in [0.25, 0.3) is 5.56 Å². The van der Waals surface area contributed by atoms with Gasteiger partial charge in [-0.2, -0.15) is 13.2 Å². The summed E-state index contributed by atoms with van der Waals surface area (Å²) >= 11 is 0. The molecule has 0 radical (unpaired) electrons. The average molecular weight is 333 g/mol. The molecule has 2 heterocycles. The number of hydrogen-bond donors (Lipinski definition) is 1. The number of amides is 2. The number of morpholine rings is 1. The second kappa shape index (κ2) is 6.41. The van der Waals surface area contributed by atoms with Gasteiger partial charge in [-0.05, 0) is 6.07 Å². The Bertz CT molecular complexity index is 671. The molecule has 0 aliphatic carbocycles. The van der Waals surface area contributed by atoms with E-state index in [0.29, 0.717) is 16.8 Å². The van der Waals surface area contributed by atoms with Gasteiger partial charge in [0, 0.05) is 18.8 Å². The first kappa shape index (κ1) is 17.0. The van der Waals surface area contributed by atoms with Crippen LogP contribution in [-0.2, 0) is 27.0 Å². The number of aromatic nitrogens is 1. The zero-order chi connectivity index (χ0) is 17.2. The summed E-state index contributed by atoms with van der Waals surface area (Å²) in [6, 6.07) is 0.378. The van der Waals surface area contributed by atoms with E-state index in [9.17, 15) is 27.6 Å². The Balaban J connectivity index is 2.22. The molecular formula is C13H14F3N3O4. The van der Waals surface area contributed by atoms with Crippen LogP contribution >= 0.6 is 0 Å². The lowest BCUT2D eigenvalue weighted by molar-refractivity contribution is -0.147. The maximum absolute atomic E-state index is 12.7. The molecule has 0 aromatic carbocycles. The van der Waals surface area contributed by atoms with E-state index in [2.05, 4.69) is 0 Å². The number of carbonyl (C=O) groups is 2. The number of nitrogens with zero attached hydrogens (tertiary/aromatic N) is 2. The molecule has 126 valence electrons. The minimum absolute atomic E-state index is 0.0696. The molecule has 0 saturated carbocycles. The van der Waals surface area contributed by atoms with Crippen LogP contribution in [0.25, 0.3) is 0 Å². The Morgan fingerprint density at radius 3 is 2.65 bits per heavy atom. The van der Waals surface area contributed by atoms with Crippen molar-refractivity contribution in [3.05, 3.63) is 34.2 Å². The van der Waals surface area contributed by atoms with Crippen LogP contribution in [0.15, 0.2) is 23.1 Å². The number of carbonyl (C=O) groups excluding carboxylic acids is 2. The highest BCUT2D eigenvalue weighted by Gasteiger charge is 2.33. The third kappa shape index (κ3) is 3.89. The minimum Gasteiger partial charge on any atom is -0.377 e. The van der Waals surface area contributed by atoms with E-state index in [-0.39, 0.29) is 19.8 Å². The van der Waals surface area contributed by atoms with E-state index in [0.717, 1.165) is 11.0 Å². The fraction of sp³-hybridized carbons (Fsp3) is 0.462. The summed E-state index contributed by atoms with van der Waals surface area (Å²) in [7, 11) is 0. The number of alkyl halides is 3. The third-order valence-electron chi connectivity index (χ3n) is 3.39. The molecule has 7 nitrogen and oxygen atoms in total. The third-order valence-corrected chi connectivity index (χ3v) is 3.39. The lowest BCUT2D eigenvalue weighted by atomic mass is 10.2. The van der Waals surface area contributed by atoms with Gasteiger partial charge in [0.2, 0.25) is 11.8 Å². The predicted molar refractivity (Wildman–Crippen MR) is 71.2 cm³/mol. The molecule has 1 saturated heterocycles. The van der Waals surface area contributed by atoms with Crippen molar-refractivity contribution in [1.29, 1.82) is 0 Å². The highest BCUT2D eigenvalue weighted by molar-refractivity contribution is 5.86. The van der Waals surface area contributed by atoms with Gasteiger partial charge in [0.05, 0.1) is 18.8 Å². The largest absolute Gasteiger partial charge is 0.417 e. The molecule has 0 unspecified atom stereocenters. The fourth-order valence-corrected chi connectivity index (χ4v) is 2.20. The maximum atomic E-state index is 12.7. The number of pyridine rings is 1. The zero-order valence-corrected chi connectivity index (χ0v) is 11.9. The molecule has 1 aliphatic rings. The van der Waals surface area contributed by atoms with E-state index in [1.165, 1.54) is 0 Å². The van der Waals surface area contributed by atoms with Crippen molar-refractivity contribution in [2.24, 2.45) is 5.73 Å². The summed E-state index contributed by atoms with van der Waals surface area (Å²) in [5.41, 5.74) is 3.37. The Kier molecular flexibility index (Phi) is 4.73.